The molecule has 2 fully saturated rings. The minimum absolute atomic E-state index is 0.177. The first kappa shape index (κ1) is 15.2. The Hall–Kier alpha value is -1.37. The number of nitrogen functional groups attached to an aromatic ring is 1. The van der Waals surface area contributed by atoms with Gasteiger partial charge in [-0.15, -0.1) is 11.3 Å². The summed E-state index contributed by atoms with van der Waals surface area (Å²) in [5.41, 5.74) is 6.49. The van der Waals surface area contributed by atoms with Gasteiger partial charge in [0.1, 0.15) is 6.23 Å². The molecule has 3 N–H and O–H groups in total. The van der Waals surface area contributed by atoms with E-state index in [2.05, 4.69) is 9.88 Å². The van der Waals surface area contributed by atoms with E-state index in [1.807, 2.05) is 11.4 Å². The van der Waals surface area contributed by atoms with Crippen molar-refractivity contribution in [3.8, 4) is 10.6 Å². The first-order valence-corrected chi connectivity index (χ1v) is 9.34. The summed E-state index contributed by atoms with van der Waals surface area (Å²) >= 11 is 1.56. The maximum Gasteiger partial charge on any atom is 0.292 e. The fourth-order valence-corrected chi connectivity index (χ4v) is 5.04. The van der Waals surface area contributed by atoms with E-state index in [9.17, 15) is 5.11 Å². The van der Waals surface area contributed by atoms with Gasteiger partial charge < -0.3 is 15.3 Å². The van der Waals surface area contributed by atoms with Crippen molar-refractivity contribution in [3.63, 3.8) is 0 Å². The molecule has 0 aromatic carbocycles. The third-order valence-corrected chi connectivity index (χ3v) is 6.25. The van der Waals surface area contributed by atoms with Crippen molar-refractivity contribution in [2.24, 2.45) is 5.92 Å². The number of hydrogen-bond acceptors (Lipinski definition) is 6. The second-order valence-electron chi connectivity index (χ2n) is 6.67. The van der Waals surface area contributed by atoms with Crippen LogP contribution in [-0.4, -0.2) is 27.6 Å². The third kappa shape index (κ3) is 2.91. The van der Waals surface area contributed by atoms with Gasteiger partial charge in [-0.1, -0.05) is 12.8 Å². The van der Waals surface area contributed by atoms with E-state index in [4.69, 9.17) is 10.2 Å². The number of piperidine rings is 1. The van der Waals surface area contributed by atoms with Crippen LogP contribution in [0.15, 0.2) is 22.1 Å². The van der Waals surface area contributed by atoms with Crippen molar-refractivity contribution in [2.45, 2.75) is 50.8 Å². The number of rotatable bonds is 3. The van der Waals surface area contributed by atoms with E-state index < -0.39 is 6.23 Å². The highest BCUT2D eigenvalue weighted by molar-refractivity contribution is 7.13. The molecule has 5 nitrogen and oxygen atoms in total. The lowest BCUT2D eigenvalue weighted by atomic mass is 9.78. The zero-order valence-corrected chi connectivity index (χ0v) is 14.0. The van der Waals surface area contributed by atoms with Crippen LogP contribution in [0.4, 0.5) is 6.01 Å². The van der Waals surface area contributed by atoms with Crippen molar-refractivity contribution in [3.05, 3.63) is 23.2 Å². The Morgan fingerprint density at radius 3 is 2.96 bits per heavy atom. The molecular weight excluding hydrogens is 310 g/mol. The number of nitrogens with zero attached hydrogens (tertiary/aromatic N) is 2. The number of fused-ring (bicyclic) bond motifs is 1. The monoisotopic (exact) mass is 333 g/mol. The van der Waals surface area contributed by atoms with Crippen LogP contribution in [0.25, 0.3) is 10.6 Å². The highest BCUT2D eigenvalue weighted by atomic mass is 32.1. The van der Waals surface area contributed by atoms with Crippen LogP contribution in [0.5, 0.6) is 0 Å². The van der Waals surface area contributed by atoms with Crippen LogP contribution in [-0.2, 0) is 0 Å². The summed E-state index contributed by atoms with van der Waals surface area (Å²) in [6, 6.07) is 2.72. The SMILES string of the molecule is Nc1ncc(-c2cc(C(O)N3CCCC4CCCCC43)cs2)o1. The Bertz CT molecular complexity index is 666. The summed E-state index contributed by atoms with van der Waals surface area (Å²) in [6.45, 7) is 0.989. The predicted molar refractivity (Wildman–Crippen MR) is 90.9 cm³/mol. The fraction of sp³-hybridized carbons (Fsp3) is 0.588. The maximum absolute atomic E-state index is 10.9. The number of hydrogen-bond donors (Lipinski definition) is 2. The molecule has 2 aromatic heterocycles. The molecule has 0 spiro atoms. The van der Waals surface area contributed by atoms with Crippen LogP contribution in [0.3, 0.4) is 0 Å². The Balaban J connectivity index is 1.54. The molecular formula is C17H23N3O2S. The summed E-state index contributed by atoms with van der Waals surface area (Å²) in [5, 5.41) is 12.9. The number of aromatic nitrogens is 1. The summed E-state index contributed by atoms with van der Waals surface area (Å²) in [6.07, 6.45) is 8.80. The highest BCUT2D eigenvalue weighted by Gasteiger charge is 2.36. The molecule has 3 atom stereocenters. The average Bonchev–Trinajstić information content (AvgIpc) is 3.22. The fourth-order valence-electron chi connectivity index (χ4n) is 4.18. The van der Waals surface area contributed by atoms with E-state index in [1.165, 1.54) is 38.5 Å². The van der Waals surface area contributed by atoms with Crippen molar-refractivity contribution >= 4 is 17.4 Å². The molecule has 4 rings (SSSR count). The maximum atomic E-state index is 10.9. The van der Waals surface area contributed by atoms with Crippen molar-refractivity contribution < 1.29 is 9.52 Å². The van der Waals surface area contributed by atoms with Gasteiger partial charge in [0.25, 0.3) is 6.01 Å². The van der Waals surface area contributed by atoms with Gasteiger partial charge in [0.2, 0.25) is 0 Å². The van der Waals surface area contributed by atoms with Crippen LogP contribution < -0.4 is 5.73 Å². The largest absolute Gasteiger partial charge is 0.423 e. The van der Waals surface area contributed by atoms with E-state index in [0.29, 0.717) is 11.8 Å². The Kier molecular flexibility index (Phi) is 4.13. The van der Waals surface area contributed by atoms with Gasteiger partial charge in [-0.2, -0.15) is 0 Å². The minimum Gasteiger partial charge on any atom is -0.423 e. The van der Waals surface area contributed by atoms with Gasteiger partial charge in [0.05, 0.1) is 11.1 Å². The molecule has 23 heavy (non-hydrogen) atoms. The van der Waals surface area contributed by atoms with Crippen molar-refractivity contribution in [2.75, 3.05) is 12.3 Å². The molecule has 0 radical (unpaired) electrons. The molecule has 124 valence electrons. The quantitative estimate of drug-likeness (QED) is 0.897. The van der Waals surface area contributed by atoms with Crippen LogP contribution in [0.2, 0.25) is 0 Å². The molecule has 6 heteroatoms. The van der Waals surface area contributed by atoms with Gasteiger partial charge in [0, 0.05) is 18.2 Å². The van der Waals surface area contributed by atoms with E-state index in [-0.39, 0.29) is 6.01 Å². The van der Waals surface area contributed by atoms with Crippen LogP contribution in [0.1, 0.15) is 50.3 Å². The molecule has 3 unspecified atom stereocenters. The lowest BCUT2D eigenvalue weighted by Crippen LogP contribution is -2.48. The number of anilines is 1. The number of aliphatic hydroxyl groups excluding tert-OH is 1. The summed E-state index contributed by atoms with van der Waals surface area (Å²) < 4.78 is 5.38. The number of oxazole rings is 1. The van der Waals surface area contributed by atoms with E-state index in [0.717, 1.165) is 22.9 Å². The normalized spacial score (nSPS) is 26.8. The van der Waals surface area contributed by atoms with Gasteiger partial charge in [0.15, 0.2) is 5.76 Å². The first-order valence-electron chi connectivity index (χ1n) is 8.46. The van der Waals surface area contributed by atoms with Gasteiger partial charge in [-0.05, 0) is 43.0 Å². The zero-order valence-electron chi connectivity index (χ0n) is 13.1. The topological polar surface area (TPSA) is 75.5 Å². The number of thiophene rings is 1. The molecule has 1 aliphatic carbocycles. The molecule has 1 aliphatic heterocycles. The number of aliphatic hydroxyl groups is 1. The molecule has 0 bridgehead atoms. The van der Waals surface area contributed by atoms with Gasteiger partial charge >= 0.3 is 0 Å². The number of nitrogens with two attached hydrogens (primary N) is 1. The van der Waals surface area contributed by atoms with Crippen LogP contribution >= 0.6 is 11.3 Å². The third-order valence-electron chi connectivity index (χ3n) is 5.28. The molecule has 3 heterocycles. The van der Waals surface area contributed by atoms with E-state index >= 15 is 0 Å². The summed E-state index contributed by atoms with van der Waals surface area (Å²) in [4.78, 5) is 7.21. The Morgan fingerprint density at radius 1 is 1.30 bits per heavy atom. The minimum atomic E-state index is -0.522. The lowest BCUT2D eigenvalue weighted by molar-refractivity contribution is -0.0728. The summed E-state index contributed by atoms with van der Waals surface area (Å²) in [5.74, 6) is 1.43. The Morgan fingerprint density at radius 2 is 2.13 bits per heavy atom. The second-order valence-corrected chi connectivity index (χ2v) is 7.58. The molecule has 0 amide bonds. The van der Waals surface area contributed by atoms with Crippen LogP contribution in [0, 0.1) is 5.92 Å². The average molecular weight is 333 g/mol. The van der Waals surface area contributed by atoms with Crippen molar-refractivity contribution in [1.82, 2.24) is 9.88 Å². The molecule has 2 aromatic rings. The molecule has 2 aliphatic rings. The summed E-state index contributed by atoms with van der Waals surface area (Å²) in [7, 11) is 0. The van der Waals surface area contributed by atoms with Gasteiger partial charge in [-0.25, -0.2) is 4.98 Å². The smallest absolute Gasteiger partial charge is 0.292 e. The zero-order chi connectivity index (χ0) is 15.8. The predicted octanol–water partition coefficient (Wildman–Crippen LogP) is 3.63. The first-order chi connectivity index (χ1) is 11.2. The second kappa shape index (κ2) is 6.26. The molecule has 1 saturated carbocycles. The van der Waals surface area contributed by atoms with Gasteiger partial charge in [-0.3, -0.25) is 4.90 Å². The lowest BCUT2D eigenvalue weighted by Gasteiger charge is -2.46. The van der Waals surface area contributed by atoms with E-state index in [1.54, 1.807) is 17.5 Å². The standard InChI is InChI=1S/C17H23N3O2S/c18-17-19-9-14(22-17)15-8-12(10-23-15)16(21)20-7-3-5-11-4-1-2-6-13(11)20/h8-11,13,16,21H,1-7H2,(H2,18,19). The van der Waals surface area contributed by atoms with Crippen molar-refractivity contribution in [1.29, 1.82) is 0 Å². The number of likely N-dealkylation sites (tertiary alicyclic amines) is 1. The highest BCUT2D eigenvalue weighted by Crippen LogP contribution is 2.40. The Labute approximate surface area is 140 Å². The molecule has 1 saturated heterocycles.